The topological polar surface area (TPSA) is 58.7 Å². The van der Waals surface area contributed by atoms with Crippen molar-refractivity contribution in [1.29, 1.82) is 0 Å². The summed E-state index contributed by atoms with van der Waals surface area (Å²) in [5, 5.41) is 0.271. The number of nitrogens with zero attached hydrogens (tertiary/aromatic N) is 3. The summed E-state index contributed by atoms with van der Waals surface area (Å²) in [6.45, 7) is 7.87. The van der Waals surface area contributed by atoms with Crippen molar-refractivity contribution in [3.05, 3.63) is 69.6 Å². The standard InChI is InChI=1S/C23H26FN3O3/c1-3-9-25-11-13-26(14-12-25)22(28)20-16(2)30-19-8-10-27(23(29)21(19)20)15-17-6-4-5-7-18(17)24/h4-8,10H,3,9,11-15H2,1-2H3. The van der Waals surface area contributed by atoms with Crippen LogP contribution in [0.3, 0.4) is 0 Å². The molecule has 158 valence electrons. The summed E-state index contributed by atoms with van der Waals surface area (Å²) in [5.74, 6) is -0.107. The molecule has 30 heavy (non-hydrogen) atoms. The fourth-order valence-corrected chi connectivity index (χ4v) is 4.11. The van der Waals surface area contributed by atoms with Crippen molar-refractivity contribution in [3.8, 4) is 0 Å². The molecule has 0 spiro atoms. The van der Waals surface area contributed by atoms with Crippen LogP contribution in [0.1, 0.15) is 35.0 Å². The average molecular weight is 411 g/mol. The van der Waals surface area contributed by atoms with Crippen molar-refractivity contribution in [2.45, 2.75) is 26.8 Å². The Labute approximate surface area is 174 Å². The molecule has 3 heterocycles. The van der Waals surface area contributed by atoms with E-state index in [4.69, 9.17) is 4.42 Å². The Hall–Kier alpha value is -2.93. The van der Waals surface area contributed by atoms with Gasteiger partial charge in [-0.25, -0.2) is 4.39 Å². The van der Waals surface area contributed by atoms with Gasteiger partial charge in [0.2, 0.25) is 0 Å². The Balaban J connectivity index is 1.67. The summed E-state index contributed by atoms with van der Waals surface area (Å²) in [6, 6.07) is 8.03. The maximum atomic E-state index is 14.1. The third kappa shape index (κ3) is 3.77. The Morgan fingerprint density at radius 2 is 1.87 bits per heavy atom. The second-order valence-corrected chi connectivity index (χ2v) is 7.75. The van der Waals surface area contributed by atoms with Crippen LogP contribution in [0.25, 0.3) is 11.0 Å². The van der Waals surface area contributed by atoms with Gasteiger partial charge in [-0.2, -0.15) is 0 Å². The van der Waals surface area contributed by atoms with Gasteiger partial charge in [-0.05, 0) is 32.0 Å². The van der Waals surface area contributed by atoms with Crippen LogP contribution < -0.4 is 5.56 Å². The van der Waals surface area contributed by atoms with Crippen LogP contribution in [0, 0.1) is 12.7 Å². The molecule has 0 N–H and O–H groups in total. The van der Waals surface area contributed by atoms with Gasteiger partial charge in [0, 0.05) is 37.9 Å². The van der Waals surface area contributed by atoms with E-state index in [1.54, 1.807) is 42.3 Å². The number of fused-ring (bicyclic) bond motifs is 1. The van der Waals surface area contributed by atoms with Gasteiger partial charge in [0.25, 0.3) is 11.5 Å². The van der Waals surface area contributed by atoms with E-state index in [0.29, 0.717) is 35.6 Å². The zero-order valence-corrected chi connectivity index (χ0v) is 17.4. The molecule has 1 aromatic carbocycles. The molecule has 0 bridgehead atoms. The first kappa shape index (κ1) is 20.3. The van der Waals surface area contributed by atoms with Crippen LogP contribution in [0.2, 0.25) is 0 Å². The van der Waals surface area contributed by atoms with Gasteiger partial charge < -0.3 is 13.9 Å². The zero-order valence-electron chi connectivity index (χ0n) is 17.4. The number of hydrogen-bond donors (Lipinski definition) is 0. The highest BCUT2D eigenvalue weighted by molar-refractivity contribution is 6.06. The molecule has 0 saturated carbocycles. The number of aryl methyl sites for hydroxylation is 1. The SMILES string of the molecule is CCCN1CCN(C(=O)c2c(C)oc3ccn(Cc4ccccc4F)c(=O)c23)CC1. The van der Waals surface area contributed by atoms with Gasteiger partial charge >= 0.3 is 0 Å². The minimum Gasteiger partial charge on any atom is -0.460 e. The highest BCUT2D eigenvalue weighted by atomic mass is 19.1. The number of furan rings is 1. The minimum atomic E-state index is -0.367. The van der Waals surface area contributed by atoms with Crippen LogP contribution in [0.5, 0.6) is 0 Å². The predicted molar refractivity (Wildman–Crippen MR) is 113 cm³/mol. The molecule has 1 amide bonds. The van der Waals surface area contributed by atoms with Crippen molar-refractivity contribution in [3.63, 3.8) is 0 Å². The second-order valence-electron chi connectivity index (χ2n) is 7.75. The van der Waals surface area contributed by atoms with Gasteiger partial charge in [-0.3, -0.25) is 14.5 Å². The second kappa shape index (κ2) is 8.44. The van der Waals surface area contributed by atoms with E-state index < -0.39 is 0 Å². The lowest BCUT2D eigenvalue weighted by atomic mass is 10.1. The molecule has 0 atom stereocenters. The normalized spacial score (nSPS) is 15.1. The van der Waals surface area contributed by atoms with E-state index in [1.165, 1.54) is 10.6 Å². The highest BCUT2D eigenvalue weighted by Gasteiger charge is 2.28. The van der Waals surface area contributed by atoms with E-state index in [-0.39, 0.29) is 29.2 Å². The van der Waals surface area contributed by atoms with Crippen molar-refractivity contribution in [1.82, 2.24) is 14.4 Å². The zero-order chi connectivity index (χ0) is 21.3. The first-order chi connectivity index (χ1) is 14.5. The number of pyridine rings is 1. The van der Waals surface area contributed by atoms with Gasteiger partial charge in [0.1, 0.15) is 17.2 Å². The van der Waals surface area contributed by atoms with Gasteiger partial charge in [-0.15, -0.1) is 0 Å². The molecular formula is C23H26FN3O3. The predicted octanol–water partition coefficient (Wildman–Crippen LogP) is 3.26. The van der Waals surface area contributed by atoms with E-state index in [0.717, 1.165) is 26.1 Å². The van der Waals surface area contributed by atoms with Crippen LogP contribution in [0.15, 0.2) is 45.7 Å². The lowest BCUT2D eigenvalue weighted by Gasteiger charge is -2.34. The number of hydrogen-bond acceptors (Lipinski definition) is 4. The maximum Gasteiger partial charge on any atom is 0.262 e. The third-order valence-electron chi connectivity index (χ3n) is 5.70. The summed E-state index contributed by atoms with van der Waals surface area (Å²) in [7, 11) is 0. The van der Waals surface area contributed by atoms with E-state index in [2.05, 4.69) is 11.8 Å². The molecular weight excluding hydrogens is 385 g/mol. The monoisotopic (exact) mass is 411 g/mol. The Morgan fingerprint density at radius 3 is 2.57 bits per heavy atom. The van der Waals surface area contributed by atoms with E-state index >= 15 is 0 Å². The number of amides is 1. The summed E-state index contributed by atoms with van der Waals surface area (Å²) in [4.78, 5) is 30.6. The average Bonchev–Trinajstić information content (AvgIpc) is 3.08. The lowest BCUT2D eigenvalue weighted by Crippen LogP contribution is -2.49. The molecule has 6 nitrogen and oxygen atoms in total. The van der Waals surface area contributed by atoms with Gasteiger partial charge in [-0.1, -0.05) is 25.1 Å². The van der Waals surface area contributed by atoms with Gasteiger partial charge in [0.15, 0.2) is 0 Å². The van der Waals surface area contributed by atoms with Crippen LogP contribution in [-0.2, 0) is 6.54 Å². The number of carbonyl (C=O) groups is 1. The molecule has 4 rings (SSSR count). The molecule has 0 aliphatic carbocycles. The molecule has 7 heteroatoms. The van der Waals surface area contributed by atoms with Crippen molar-refractivity contribution in [2.24, 2.45) is 0 Å². The first-order valence-corrected chi connectivity index (χ1v) is 10.4. The molecule has 1 fully saturated rings. The minimum absolute atomic E-state index is 0.0923. The Bertz CT molecular complexity index is 1130. The summed E-state index contributed by atoms with van der Waals surface area (Å²) in [6.07, 6.45) is 2.67. The summed E-state index contributed by atoms with van der Waals surface area (Å²) < 4.78 is 21.2. The summed E-state index contributed by atoms with van der Waals surface area (Å²) in [5.41, 5.74) is 0.775. The number of rotatable bonds is 5. The van der Waals surface area contributed by atoms with E-state index in [9.17, 15) is 14.0 Å². The molecule has 1 saturated heterocycles. The third-order valence-corrected chi connectivity index (χ3v) is 5.70. The number of aromatic nitrogens is 1. The van der Waals surface area contributed by atoms with Crippen molar-refractivity contribution >= 4 is 16.9 Å². The maximum absolute atomic E-state index is 14.1. The number of halogens is 1. The molecule has 3 aromatic rings. The fraction of sp³-hybridized carbons (Fsp3) is 0.391. The number of benzene rings is 1. The molecule has 0 unspecified atom stereocenters. The largest absolute Gasteiger partial charge is 0.460 e. The van der Waals surface area contributed by atoms with Crippen LogP contribution >= 0.6 is 0 Å². The molecule has 1 aliphatic heterocycles. The van der Waals surface area contributed by atoms with E-state index in [1.807, 2.05) is 0 Å². The molecule has 0 radical (unpaired) electrons. The van der Waals surface area contributed by atoms with Crippen LogP contribution in [-0.4, -0.2) is 53.0 Å². The lowest BCUT2D eigenvalue weighted by molar-refractivity contribution is 0.0637. The number of piperazine rings is 1. The first-order valence-electron chi connectivity index (χ1n) is 10.4. The smallest absolute Gasteiger partial charge is 0.262 e. The Kier molecular flexibility index (Phi) is 5.72. The quantitative estimate of drug-likeness (QED) is 0.647. The molecule has 1 aliphatic rings. The van der Waals surface area contributed by atoms with Crippen molar-refractivity contribution < 1.29 is 13.6 Å². The van der Waals surface area contributed by atoms with Crippen molar-refractivity contribution in [2.75, 3.05) is 32.7 Å². The Morgan fingerprint density at radius 1 is 1.13 bits per heavy atom. The molecule has 2 aromatic heterocycles. The van der Waals surface area contributed by atoms with Gasteiger partial charge in [0.05, 0.1) is 17.5 Å². The fourth-order valence-electron chi connectivity index (χ4n) is 4.11. The number of carbonyl (C=O) groups excluding carboxylic acids is 1. The summed E-state index contributed by atoms with van der Waals surface area (Å²) >= 11 is 0. The van der Waals surface area contributed by atoms with Crippen LogP contribution in [0.4, 0.5) is 4.39 Å². The highest BCUT2D eigenvalue weighted by Crippen LogP contribution is 2.25.